The van der Waals surface area contributed by atoms with Gasteiger partial charge in [0, 0.05) is 7.05 Å². The number of carbonyl (C=O) groups is 1. The second-order valence-corrected chi connectivity index (χ2v) is 5.53. The van der Waals surface area contributed by atoms with Crippen molar-refractivity contribution in [2.45, 2.75) is 12.6 Å². The van der Waals surface area contributed by atoms with E-state index in [1.807, 2.05) is 30.3 Å². The molecule has 2 amide bonds. The Morgan fingerprint density at radius 3 is 2.60 bits per heavy atom. The summed E-state index contributed by atoms with van der Waals surface area (Å²) in [7, 11) is 1.75. The molecule has 128 valence electrons. The average molecular weight is 339 g/mol. The molecule has 0 bridgehead atoms. The molecule has 3 aromatic rings. The fraction of sp³-hybridized carbons (Fsp3) is 0.167. The molecule has 1 atom stereocenters. The van der Waals surface area contributed by atoms with E-state index in [4.69, 9.17) is 0 Å². The van der Waals surface area contributed by atoms with Crippen molar-refractivity contribution in [2.75, 3.05) is 0 Å². The van der Waals surface area contributed by atoms with Crippen LogP contribution in [0, 0.1) is 5.82 Å². The third-order valence-corrected chi connectivity index (χ3v) is 3.80. The van der Waals surface area contributed by atoms with E-state index >= 15 is 0 Å². The quantitative estimate of drug-likeness (QED) is 0.750. The van der Waals surface area contributed by atoms with Crippen LogP contribution in [0.1, 0.15) is 23.0 Å². The van der Waals surface area contributed by atoms with Crippen LogP contribution in [0.3, 0.4) is 0 Å². The van der Waals surface area contributed by atoms with Crippen LogP contribution in [0.5, 0.6) is 0 Å². The Labute approximate surface area is 144 Å². The van der Waals surface area contributed by atoms with Gasteiger partial charge in [-0.1, -0.05) is 42.5 Å². The van der Waals surface area contributed by atoms with E-state index in [1.54, 1.807) is 23.9 Å². The van der Waals surface area contributed by atoms with E-state index < -0.39 is 6.04 Å². The number of urea groups is 1. The summed E-state index contributed by atoms with van der Waals surface area (Å²) in [5.74, 6) is 0.289. The molecule has 0 unspecified atom stereocenters. The average Bonchev–Trinajstić information content (AvgIpc) is 3.03. The Bertz CT molecular complexity index is 849. The van der Waals surface area contributed by atoms with E-state index in [1.165, 1.54) is 18.5 Å². The van der Waals surface area contributed by atoms with Crippen molar-refractivity contribution in [3.05, 3.63) is 83.7 Å². The van der Waals surface area contributed by atoms with Gasteiger partial charge in [0.25, 0.3) is 0 Å². The minimum absolute atomic E-state index is 0.243. The molecular weight excluding hydrogens is 321 g/mol. The normalized spacial score (nSPS) is 11.8. The minimum atomic E-state index is -0.462. The summed E-state index contributed by atoms with van der Waals surface area (Å²) in [6.07, 6.45) is 1.43. The van der Waals surface area contributed by atoms with Gasteiger partial charge in [0.1, 0.15) is 18.0 Å². The highest BCUT2D eigenvalue weighted by Gasteiger charge is 2.17. The number of amides is 2. The topological polar surface area (TPSA) is 71.8 Å². The summed E-state index contributed by atoms with van der Waals surface area (Å²) in [5, 5.41) is 9.58. The van der Waals surface area contributed by atoms with Crippen LogP contribution in [-0.4, -0.2) is 20.8 Å². The van der Waals surface area contributed by atoms with Gasteiger partial charge in [-0.2, -0.15) is 5.10 Å². The first-order valence-corrected chi connectivity index (χ1v) is 7.81. The minimum Gasteiger partial charge on any atom is -0.331 e. The Morgan fingerprint density at radius 2 is 1.92 bits per heavy atom. The van der Waals surface area contributed by atoms with Crippen LogP contribution in [0.4, 0.5) is 9.18 Å². The van der Waals surface area contributed by atoms with Gasteiger partial charge in [-0.3, -0.25) is 4.68 Å². The molecule has 0 radical (unpaired) electrons. The molecule has 1 aromatic heterocycles. The monoisotopic (exact) mass is 339 g/mol. The summed E-state index contributed by atoms with van der Waals surface area (Å²) in [4.78, 5) is 16.4. The highest BCUT2D eigenvalue weighted by Crippen LogP contribution is 2.22. The summed E-state index contributed by atoms with van der Waals surface area (Å²) in [6, 6.07) is 14.8. The van der Waals surface area contributed by atoms with Crippen molar-refractivity contribution in [3.8, 4) is 0 Å². The first-order chi connectivity index (χ1) is 12.1. The van der Waals surface area contributed by atoms with Crippen molar-refractivity contribution in [2.24, 2.45) is 7.05 Å². The lowest BCUT2D eigenvalue weighted by Gasteiger charge is -2.20. The summed E-state index contributed by atoms with van der Waals surface area (Å²) < 4.78 is 15.2. The van der Waals surface area contributed by atoms with Crippen LogP contribution in [0.2, 0.25) is 0 Å². The van der Waals surface area contributed by atoms with Gasteiger partial charge in [0.2, 0.25) is 0 Å². The van der Waals surface area contributed by atoms with Crippen LogP contribution in [-0.2, 0) is 13.6 Å². The Hall–Kier alpha value is -3.22. The number of hydrogen-bond donors (Lipinski definition) is 2. The predicted molar refractivity (Wildman–Crippen MR) is 91.1 cm³/mol. The van der Waals surface area contributed by atoms with Gasteiger partial charge in [-0.05, 0) is 23.3 Å². The second-order valence-electron chi connectivity index (χ2n) is 5.53. The number of rotatable bonds is 5. The molecule has 2 N–H and O–H groups in total. The number of aryl methyl sites for hydroxylation is 1. The number of benzene rings is 2. The zero-order chi connectivity index (χ0) is 17.6. The third kappa shape index (κ3) is 4.20. The van der Waals surface area contributed by atoms with Crippen LogP contribution >= 0.6 is 0 Å². The number of carbonyl (C=O) groups excluding carboxylic acids is 1. The first kappa shape index (κ1) is 16.6. The van der Waals surface area contributed by atoms with Gasteiger partial charge in [-0.25, -0.2) is 14.2 Å². The third-order valence-electron chi connectivity index (χ3n) is 3.80. The van der Waals surface area contributed by atoms with Crippen LogP contribution in [0.15, 0.2) is 60.9 Å². The lowest BCUT2D eigenvalue weighted by Crippen LogP contribution is -2.38. The molecule has 0 spiro atoms. The number of halogens is 1. The molecule has 2 aromatic carbocycles. The molecule has 0 fully saturated rings. The summed E-state index contributed by atoms with van der Waals surface area (Å²) >= 11 is 0. The fourth-order valence-electron chi connectivity index (χ4n) is 2.51. The Kier molecular flexibility index (Phi) is 5.03. The number of nitrogens with zero attached hydrogens (tertiary/aromatic N) is 3. The molecule has 1 heterocycles. The van der Waals surface area contributed by atoms with Gasteiger partial charge in [-0.15, -0.1) is 0 Å². The van der Waals surface area contributed by atoms with Crippen molar-refractivity contribution in [3.63, 3.8) is 0 Å². The van der Waals surface area contributed by atoms with E-state index in [2.05, 4.69) is 20.7 Å². The van der Waals surface area contributed by atoms with Crippen molar-refractivity contribution in [1.82, 2.24) is 25.4 Å². The zero-order valence-corrected chi connectivity index (χ0v) is 13.7. The van der Waals surface area contributed by atoms with Crippen LogP contribution in [0.25, 0.3) is 0 Å². The molecule has 0 saturated carbocycles. The summed E-state index contributed by atoms with van der Waals surface area (Å²) in [5.41, 5.74) is 1.53. The fourth-order valence-corrected chi connectivity index (χ4v) is 2.51. The maximum absolute atomic E-state index is 13.6. The number of nitrogens with one attached hydrogen (secondary N) is 2. The largest absolute Gasteiger partial charge is 0.331 e. The molecule has 3 rings (SSSR count). The van der Waals surface area contributed by atoms with E-state index in [-0.39, 0.29) is 18.4 Å². The Balaban J connectivity index is 1.76. The van der Waals surface area contributed by atoms with Crippen molar-refractivity contribution < 1.29 is 9.18 Å². The molecule has 0 aliphatic carbocycles. The predicted octanol–water partition coefficient (Wildman–Crippen LogP) is 2.54. The maximum Gasteiger partial charge on any atom is 0.315 e. The highest BCUT2D eigenvalue weighted by molar-refractivity contribution is 5.75. The van der Waals surface area contributed by atoms with E-state index in [0.29, 0.717) is 11.4 Å². The number of hydrogen-bond acceptors (Lipinski definition) is 3. The highest BCUT2D eigenvalue weighted by atomic mass is 19.1. The molecule has 7 heteroatoms. The maximum atomic E-state index is 13.6. The van der Waals surface area contributed by atoms with Gasteiger partial charge in [0.05, 0.1) is 12.6 Å². The van der Waals surface area contributed by atoms with Gasteiger partial charge >= 0.3 is 6.03 Å². The molecule has 25 heavy (non-hydrogen) atoms. The van der Waals surface area contributed by atoms with E-state index in [0.717, 1.165) is 5.56 Å². The van der Waals surface area contributed by atoms with E-state index in [9.17, 15) is 9.18 Å². The molecule has 6 nitrogen and oxygen atoms in total. The smallest absolute Gasteiger partial charge is 0.315 e. The first-order valence-electron chi connectivity index (χ1n) is 7.81. The zero-order valence-electron chi connectivity index (χ0n) is 13.7. The van der Waals surface area contributed by atoms with Gasteiger partial charge < -0.3 is 10.6 Å². The number of aromatic nitrogens is 3. The van der Waals surface area contributed by atoms with Crippen molar-refractivity contribution in [1.29, 1.82) is 0 Å². The molecule has 0 saturated heterocycles. The molecular formula is C18H18FN5O. The SMILES string of the molecule is Cn1ncnc1CNC(=O)N[C@H](c1ccccc1)c1cccc(F)c1. The second kappa shape index (κ2) is 7.57. The Morgan fingerprint density at radius 1 is 1.16 bits per heavy atom. The lowest BCUT2D eigenvalue weighted by atomic mass is 9.99. The lowest BCUT2D eigenvalue weighted by molar-refractivity contribution is 0.238. The van der Waals surface area contributed by atoms with Crippen LogP contribution < -0.4 is 10.6 Å². The van der Waals surface area contributed by atoms with Crippen molar-refractivity contribution >= 4 is 6.03 Å². The summed E-state index contributed by atoms with van der Waals surface area (Å²) in [6.45, 7) is 0.243. The standard InChI is InChI=1S/C18H18FN5O/c1-24-16(21-12-22-24)11-20-18(25)23-17(13-6-3-2-4-7-13)14-8-5-9-15(19)10-14/h2-10,12,17H,11H2,1H3,(H2,20,23,25)/t17-/m1/s1. The molecule has 0 aliphatic heterocycles. The van der Waals surface area contributed by atoms with Gasteiger partial charge in [0.15, 0.2) is 0 Å². The molecule has 0 aliphatic rings.